The van der Waals surface area contributed by atoms with Gasteiger partial charge in [-0.05, 0) is 39.7 Å². The first-order chi connectivity index (χ1) is 8.87. The van der Waals surface area contributed by atoms with Crippen molar-refractivity contribution >= 4 is 10.0 Å². The van der Waals surface area contributed by atoms with E-state index in [1.807, 2.05) is 26.8 Å². The summed E-state index contributed by atoms with van der Waals surface area (Å²) in [6.07, 6.45) is 2.33. The van der Waals surface area contributed by atoms with Gasteiger partial charge in [-0.3, -0.25) is 0 Å². The number of furan rings is 1. The zero-order valence-corrected chi connectivity index (χ0v) is 12.5. The Labute approximate surface area is 114 Å². The molecule has 2 rings (SSSR count). The SMILES string of the molecule is Cc1cc(C(C)NS(=O)(=O)CCNC2CC2)c(C)o1. The highest BCUT2D eigenvalue weighted by atomic mass is 32.2. The number of hydrogen-bond acceptors (Lipinski definition) is 4. The minimum absolute atomic E-state index is 0.115. The summed E-state index contributed by atoms with van der Waals surface area (Å²) in [7, 11) is -3.26. The Morgan fingerprint density at radius 1 is 1.42 bits per heavy atom. The molecule has 1 saturated carbocycles. The summed E-state index contributed by atoms with van der Waals surface area (Å²) in [6.45, 7) is 6.05. The van der Waals surface area contributed by atoms with E-state index in [9.17, 15) is 8.42 Å². The van der Waals surface area contributed by atoms with Crippen LogP contribution in [0.4, 0.5) is 0 Å². The van der Waals surface area contributed by atoms with Crippen LogP contribution in [0.25, 0.3) is 0 Å². The maximum absolute atomic E-state index is 12.0. The van der Waals surface area contributed by atoms with Crippen LogP contribution in [0.3, 0.4) is 0 Å². The molecule has 0 aliphatic heterocycles. The Hall–Kier alpha value is -0.850. The summed E-state index contributed by atoms with van der Waals surface area (Å²) in [6, 6.07) is 2.15. The van der Waals surface area contributed by atoms with Gasteiger partial charge in [-0.15, -0.1) is 0 Å². The number of hydrogen-bond donors (Lipinski definition) is 2. The molecule has 1 atom stereocenters. The fourth-order valence-corrected chi connectivity index (χ4v) is 3.33. The van der Waals surface area contributed by atoms with Crippen LogP contribution >= 0.6 is 0 Å². The van der Waals surface area contributed by atoms with Gasteiger partial charge in [-0.2, -0.15) is 0 Å². The summed E-state index contributed by atoms with van der Waals surface area (Å²) < 4.78 is 32.0. The van der Waals surface area contributed by atoms with Crippen molar-refractivity contribution in [1.82, 2.24) is 10.0 Å². The average molecular weight is 286 g/mol. The molecule has 0 amide bonds. The Morgan fingerprint density at radius 2 is 2.11 bits per heavy atom. The molecular formula is C13H22N2O3S. The minimum atomic E-state index is -3.26. The molecule has 1 aliphatic carbocycles. The molecule has 2 N–H and O–H groups in total. The molecule has 1 heterocycles. The predicted octanol–water partition coefficient (Wildman–Crippen LogP) is 1.63. The van der Waals surface area contributed by atoms with Crippen molar-refractivity contribution in [3.05, 3.63) is 23.2 Å². The molecule has 108 valence electrons. The largest absolute Gasteiger partial charge is 0.466 e. The summed E-state index contributed by atoms with van der Waals surface area (Å²) in [5.74, 6) is 1.68. The first-order valence-corrected chi connectivity index (χ1v) is 8.33. The third kappa shape index (κ3) is 4.33. The quantitative estimate of drug-likeness (QED) is 0.799. The normalized spacial score (nSPS) is 17.6. The van der Waals surface area contributed by atoms with Gasteiger partial charge in [0, 0.05) is 24.2 Å². The molecule has 1 unspecified atom stereocenters. The highest BCUT2D eigenvalue weighted by Gasteiger charge is 2.22. The fourth-order valence-electron chi connectivity index (χ4n) is 2.16. The van der Waals surface area contributed by atoms with E-state index in [2.05, 4.69) is 10.0 Å². The lowest BCUT2D eigenvalue weighted by atomic mass is 10.1. The zero-order valence-electron chi connectivity index (χ0n) is 11.7. The number of rotatable bonds is 7. The molecule has 5 nitrogen and oxygen atoms in total. The lowest BCUT2D eigenvalue weighted by Crippen LogP contribution is -2.34. The molecule has 6 heteroatoms. The van der Waals surface area contributed by atoms with Crippen molar-refractivity contribution in [2.24, 2.45) is 0 Å². The number of aryl methyl sites for hydroxylation is 2. The summed E-state index contributed by atoms with van der Waals surface area (Å²) in [4.78, 5) is 0. The minimum Gasteiger partial charge on any atom is -0.466 e. The average Bonchev–Trinajstić information content (AvgIpc) is 3.02. The van der Waals surface area contributed by atoms with E-state index in [-0.39, 0.29) is 11.8 Å². The molecule has 1 fully saturated rings. The smallest absolute Gasteiger partial charge is 0.213 e. The van der Waals surface area contributed by atoms with E-state index in [1.165, 1.54) is 0 Å². The van der Waals surface area contributed by atoms with Gasteiger partial charge in [0.15, 0.2) is 0 Å². The van der Waals surface area contributed by atoms with Crippen molar-refractivity contribution in [1.29, 1.82) is 0 Å². The van der Waals surface area contributed by atoms with Crippen LogP contribution in [0, 0.1) is 13.8 Å². The molecule has 0 aromatic carbocycles. The second-order valence-electron chi connectivity index (χ2n) is 5.26. The van der Waals surface area contributed by atoms with Crippen molar-refractivity contribution in [2.45, 2.75) is 45.7 Å². The molecule has 1 aliphatic rings. The molecule has 1 aromatic rings. The highest BCUT2D eigenvalue weighted by Crippen LogP contribution is 2.22. The maximum atomic E-state index is 12.0. The van der Waals surface area contributed by atoms with Crippen LogP contribution < -0.4 is 10.0 Å². The van der Waals surface area contributed by atoms with Crippen LogP contribution in [-0.2, 0) is 10.0 Å². The van der Waals surface area contributed by atoms with E-state index >= 15 is 0 Å². The van der Waals surface area contributed by atoms with Gasteiger partial charge in [0.1, 0.15) is 11.5 Å². The lowest BCUT2D eigenvalue weighted by molar-refractivity contribution is 0.496. The molecule has 0 bridgehead atoms. The molecule has 1 aromatic heterocycles. The Kier molecular flexibility index (Phi) is 4.32. The summed E-state index contributed by atoms with van der Waals surface area (Å²) >= 11 is 0. The van der Waals surface area contributed by atoms with Crippen molar-refractivity contribution in [3.8, 4) is 0 Å². The standard InChI is InChI=1S/C13H22N2O3S/c1-9-8-13(11(3)18-9)10(2)15-19(16,17)7-6-14-12-4-5-12/h8,10,12,14-15H,4-7H2,1-3H3. The Balaban J connectivity index is 1.88. The van der Waals surface area contributed by atoms with Crippen molar-refractivity contribution in [3.63, 3.8) is 0 Å². The highest BCUT2D eigenvalue weighted by molar-refractivity contribution is 7.89. The van der Waals surface area contributed by atoms with E-state index in [0.29, 0.717) is 12.6 Å². The first-order valence-electron chi connectivity index (χ1n) is 6.68. The second kappa shape index (κ2) is 5.64. The van der Waals surface area contributed by atoms with Gasteiger partial charge >= 0.3 is 0 Å². The van der Waals surface area contributed by atoms with Gasteiger partial charge in [0.2, 0.25) is 10.0 Å². The monoisotopic (exact) mass is 286 g/mol. The van der Waals surface area contributed by atoms with Crippen LogP contribution in [0.5, 0.6) is 0 Å². The van der Waals surface area contributed by atoms with Crippen molar-refractivity contribution in [2.75, 3.05) is 12.3 Å². The van der Waals surface area contributed by atoms with E-state index < -0.39 is 10.0 Å². The topological polar surface area (TPSA) is 71.3 Å². The van der Waals surface area contributed by atoms with Crippen LogP contribution in [-0.4, -0.2) is 26.8 Å². The lowest BCUT2D eigenvalue weighted by Gasteiger charge is -2.13. The van der Waals surface area contributed by atoms with Crippen molar-refractivity contribution < 1.29 is 12.8 Å². The molecule has 0 radical (unpaired) electrons. The third-order valence-corrected chi connectivity index (χ3v) is 4.74. The van der Waals surface area contributed by atoms with Gasteiger partial charge < -0.3 is 9.73 Å². The van der Waals surface area contributed by atoms with Gasteiger partial charge in [-0.1, -0.05) is 0 Å². The van der Waals surface area contributed by atoms with E-state index in [4.69, 9.17) is 4.42 Å². The predicted molar refractivity (Wildman–Crippen MR) is 74.5 cm³/mol. The molecule has 0 spiro atoms. The maximum Gasteiger partial charge on any atom is 0.213 e. The molecule has 0 saturated heterocycles. The molecule has 19 heavy (non-hydrogen) atoms. The van der Waals surface area contributed by atoms with Gasteiger partial charge in [-0.25, -0.2) is 13.1 Å². The number of nitrogens with one attached hydrogen (secondary N) is 2. The van der Waals surface area contributed by atoms with E-state index in [1.54, 1.807) is 0 Å². The van der Waals surface area contributed by atoms with Crippen LogP contribution in [0.1, 0.15) is 42.9 Å². The van der Waals surface area contributed by atoms with Gasteiger partial charge in [0.05, 0.1) is 5.75 Å². The third-order valence-electron chi connectivity index (χ3n) is 3.28. The second-order valence-corrected chi connectivity index (χ2v) is 7.13. The fraction of sp³-hybridized carbons (Fsp3) is 0.692. The summed E-state index contributed by atoms with van der Waals surface area (Å²) in [5.41, 5.74) is 0.899. The van der Waals surface area contributed by atoms with Crippen LogP contribution in [0.2, 0.25) is 0 Å². The Morgan fingerprint density at radius 3 is 2.63 bits per heavy atom. The van der Waals surface area contributed by atoms with Crippen LogP contribution in [0.15, 0.2) is 10.5 Å². The van der Waals surface area contributed by atoms with Gasteiger partial charge in [0.25, 0.3) is 0 Å². The first kappa shape index (κ1) is 14.6. The zero-order chi connectivity index (χ0) is 14.0. The van der Waals surface area contributed by atoms with E-state index in [0.717, 1.165) is 29.9 Å². The Bertz CT molecular complexity index is 532. The number of sulfonamides is 1. The molecular weight excluding hydrogens is 264 g/mol. The summed E-state index contributed by atoms with van der Waals surface area (Å²) in [5, 5.41) is 3.20.